The van der Waals surface area contributed by atoms with E-state index >= 15 is 0 Å². The second-order valence-electron chi connectivity index (χ2n) is 8.91. The van der Waals surface area contributed by atoms with Gasteiger partial charge in [-0.3, -0.25) is 4.79 Å². The fourth-order valence-corrected chi connectivity index (χ4v) is 7.53. The fourth-order valence-electron chi connectivity index (χ4n) is 4.80. The second-order valence-corrected chi connectivity index (χ2v) is 11.8. The van der Waals surface area contributed by atoms with Crippen molar-refractivity contribution in [1.29, 1.82) is 0 Å². The van der Waals surface area contributed by atoms with E-state index < -0.39 is 16.1 Å². The predicted octanol–water partition coefficient (Wildman–Crippen LogP) is 3.37. The number of piperazine rings is 1. The van der Waals surface area contributed by atoms with Gasteiger partial charge in [0.25, 0.3) is 0 Å². The topological polar surface area (TPSA) is 83.1 Å². The monoisotopic (exact) mass is 514 g/mol. The highest BCUT2D eigenvalue weighted by Gasteiger charge is 2.41. The van der Waals surface area contributed by atoms with Crippen molar-refractivity contribution in [3.05, 3.63) is 48.0 Å². The first-order chi connectivity index (χ1) is 16.9. The normalized spacial score (nSPS) is 19.4. The summed E-state index contributed by atoms with van der Waals surface area (Å²) in [6, 6.07) is 12.1. The fraction of sp³-hybridized carbons (Fsp3) is 0.440. The summed E-state index contributed by atoms with van der Waals surface area (Å²) in [6.45, 7) is 4.99. The molecule has 0 saturated carbocycles. The first-order valence-corrected chi connectivity index (χ1v) is 14.3. The van der Waals surface area contributed by atoms with Crippen LogP contribution in [0.4, 0.5) is 5.13 Å². The van der Waals surface area contributed by atoms with Crippen molar-refractivity contribution in [1.82, 2.24) is 14.2 Å². The summed E-state index contributed by atoms with van der Waals surface area (Å²) in [5.41, 5.74) is 2.31. The molecule has 0 bridgehead atoms. The molecule has 8 nitrogen and oxygen atoms in total. The van der Waals surface area contributed by atoms with Gasteiger partial charge in [-0.05, 0) is 61.2 Å². The zero-order chi connectivity index (χ0) is 24.6. The van der Waals surface area contributed by atoms with E-state index in [0.29, 0.717) is 51.3 Å². The molecule has 0 aliphatic carbocycles. The minimum atomic E-state index is -3.76. The maximum Gasteiger partial charge on any atom is 0.243 e. The van der Waals surface area contributed by atoms with Crippen LogP contribution in [0.3, 0.4) is 0 Å². The minimum absolute atomic E-state index is 0.101. The van der Waals surface area contributed by atoms with Gasteiger partial charge in [0, 0.05) is 32.7 Å². The molecule has 0 N–H and O–H groups in total. The zero-order valence-corrected chi connectivity index (χ0v) is 21.6. The summed E-state index contributed by atoms with van der Waals surface area (Å²) in [6.07, 6.45) is 2.22. The molecule has 1 atom stereocenters. The van der Waals surface area contributed by atoms with Crippen molar-refractivity contribution < 1.29 is 17.9 Å². The average Bonchev–Trinajstić information content (AvgIpc) is 3.56. The van der Waals surface area contributed by atoms with Crippen molar-refractivity contribution in [2.75, 3.05) is 44.7 Å². The Labute approximate surface area is 210 Å². The van der Waals surface area contributed by atoms with Crippen molar-refractivity contribution in [3.8, 4) is 5.75 Å². The van der Waals surface area contributed by atoms with Crippen LogP contribution in [-0.2, 0) is 21.2 Å². The van der Waals surface area contributed by atoms with Crippen LogP contribution in [0.5, 0.6) is 5.75 Å². The molecule has 5 rings (SSSR count). The van der Waals surface area contributed by atoms with E-state index in [-0.39, 0.29) is 10.8 Å². The van der Waals surface area contributed by atoms with E-state index in [1.807, 2.05) is 4.90 Å². The number of ether oxygens (including phenoxy) is 1. The Hall–Kier alpha value is -2.69. The molecule has 1 unspecified atom stereocenters. The number of amides is 1. The van der Waals surface area contributed by atoms with Crippen LogP contribution >= 0.6 is 11.3 Å². The van der Waals surface area contributed by atoms with Gasteiger partial charge in [-0.25, -0.2) is 13.4 Å². The number of carbonyl (C=O) groups is 1. The number of thiazole rings is 1. The maximum absolute atomic E-state index is 13.4. The van der Waals surface area contributed by atoms with Crippen LogP contribution in [0.15, 0.2) is 47.4 Å². The molecule has 1 amide bonds. The van der Waals surface area contributed by atoms with E-state index in [0.717, 1.165) is 17.1 Å². The summed E-state index contributed by atoms with van der Waals surface area (Å²) in [4.78, 5) is 22.4. The lowest BCUT2D eigenvalue weighted by atomic mass is 10.2. The SMILES string of the molecule is CCc1ccc2nc(N3CCN(C(=O)C4CCCN4S(=O)(=O)c4ccc(OC)cc4)CC3)sc2c1. The van der Waals surface area contributed by atoms with Gasteiger partial charge in [0.15, 0.2) is 5.13 Å². The molecule has 2 aliphatic rings. The lowest BCUT2D eigenvalue weighted by Gasteiger charge is -2.37. The number of aryl methyl sites for hydroxylation is 1. The Kier molecular flexibility index (Phi) is 6.69. The molecule has 3 heterocycles. The summed E-state index contributed by atoms with van der Waals surface area (Å²) >= 11 is 1.69. The first-order valence-electron chi connectivity index (χ1n) is 12.0. The lowest BCUT2D eigenvalue weighted by molar-refractivity contribution is -0.134. The highest BCUT2D eigenvalue weighted by molar-refractivity contribution is 7.89. The van der Waals surface area contributed by atoms with Crippen LogP contribution < -0.4 is 9.64 Å². The van der Waals surface area contributed by atoms with Gasteiger partial charge < -0.3 is 14.5 Å². The first kappa shape index (κ1) is 24.0. The molecule has 0 spiro atoms. The molecular formula is C25H30N4O4S2. The molecule has 1 aromatic heterocycles. The van der Waals surface area contributed by atoms with Crippen molar-refractivity contribution in [3.63, 3.8) is 0 Å². The number of carbonyl (C=O) groups excluding carboxylic acids is 1. The molecule has 2 fully saturated rings. The number of hydrogen-bond donors (Lipinski definition) is 0. The van der Waals surface area contributed by atoms with Gasteiger partial charge in [0.1, 0.15) is 11.8 Å². The van der Waals surface area contributed by atoms with E-state index in [9.17, 15) is 13.2 Å². The summed E-state index contributed by atoms with van der Waals surface area (Å²) in [7, 11) is -2.22. The minimum Gasteiger partial charge on any atom is -0.497 e. The van der Waals surface area contributed by atoms with Crippen LogP contribution in [0.1, 0.15) is 25.3 Å². The number of aromatic nitrogens is 1. The highest BCUT2D eigenvalue weighted by atomic mass is 32.2. The van der Waals surface area contributed by atoms with Gasteiger partial charge in [0.2, 0.25) is 15.9 Å². The van der Waals surface area contributed by atoms with E-state index in [2.05, 4.69) is 30.0 Å². The number of anilines is 1. The Morgan fingerprint density at radius 2 is 1.83 bits per heavy atom. The number of benzene rings is 2. The number of rotatable bonds is 6. The van der Waals surface area contributed by atoms with Crippen molar-refractivity contribution in [2.45, 2.75) is 37.1 Å². The Morgan fingerprint density at radius 1 is 1.09 bits per heavy atom. The zero-order valence-electron chi connectivity index (χ0n) is 20.0. The van der Waals surface area contributed by atoms with Crippen LogP contribution in [0.2, 0.25) is 0 Å². The molecule has 2 aromatic carbocycles. The Balaban J connectivity index is 1.26. The van der Waals surface area contributed by atoms with Gasteiger partial charge in [-0.1, -0.05) is 24.3 Å². The molecule has 3 aromatic rings. The third-order valence-corrected chi connectivity index (χ3v) is 9.87. The second kappa shape index (κ2) is 9.75. The van der Waals surface area contributed by atoms with E-state index in [1.54, 1.807) is 23.5 Å². The number of methoxy groups -OCH3 is 1. The van der Waals surface area contributed by atoms with Crippen molar-refractivity contribution >= 4 is 42.6 Å². The molecule has 2 aliphatic heterocycles. The van der Waals surface area contributed by atoms with Crippen molar-refractivity contribution in [2.24, 2.45) is 0 Å². The average molecular weight is 515 g/mol. The lowest BCUT2D eigenvalue weighted by Crippen LogP contribution is -2.54. The Morgan fingerprint density at radius 3 is 2.51 bits per heavy atom. The third kappa shape index (κ3) is 4.62. The number of hydrogen-bond acceptors (Lipinski definition) is 7. The smallest absolute Gasteiger partial charge is 0.243 e. The van der Waals surface area contributed by atoms with Crippen LogP contribution in [0, 0.1) is 0 Å². The molecule has 10 heteroatoms. The third-order valence-electron chi connectivity index (χ3n) is 6.87. The van der Waals surface area contributed by atoms with Gasteiger partial charge in [-0.15, -0.1) is 0 Å². The summed E-state index contributed by atoms with van der Waals surface area (Å²) in [5.74, 6) is 0.492. The quantitative estimate of drug-likeness (QED) is 0.502. The molecule has 2 saturated heterocycles. The van der Waals surface area contributed by atoms with Gasteiger partial charge in [-0.2, -0.15) is 4.31 Å². The Bertz CT molecular complexity index is 1310. The largest absolute Gasteiger partial charge is 0.497 e. The van der Waals surface area contributed by atoms with Crippen LogP contribution in [0.25, 0.3) is 10.2 Å². The predicted molar refractivity (Wildman–Crippen MR) is 138 cm³/mol. The molecule has 186 valence electrons. The highest BCUT2D eigenvalue weighted by Crippen LogP contribution is 2.32. The molecule has 35 heavy (non-hydrogen) atoms. The number of sulfonamides is 1. The van der Waals surface area contributed by atoms with Crippen LogP contribution in [-0.4, -0.2) is 74.4 Å². The van der Waals surface area contributed by atoms with E-state index in [4.69, 9.17) is 9.72 Å². The van der Waals surface area contributed by atoms with E-state index in [1.165, 1.54) is 33.8 Å². The number of nitrogens with zero attached hydrogens (tertiary/aromatic N) is 4. The summed E-state index contributed by atoms with van der Waals surface area (Å²) in [5, 5.41) is 0.977. The van der Waals surface area contributed by atoms with Gasteiger partial charge >= 0.3 is 0 Å². The molecule has 0 radical (unpaired) electrons. The summed E-state index contributed by atoms with van der Waals surface area (Å²) < 4.78 is 34.3. The maximum atomic E-state index is 13.4. The van der Waals surface area contributed by atoms with Gasteiger partial charge in [0.05, 0.1) is 22.2 Å². The molecular weight excluding hydrogens is 484 g/mol. The standard InChI is InChI=1S/C25H30N4O4S2/c1-3-18-6-11-21-23(17-18)34-25(26-21)28-15-13-27(14-16-28)24(30)22-5-4-12-29(22)35(31,32)20-9-7-19(33-2)8-10-20/h6-11,17,22H,3-5,12-16H2,1-2H3. The number of fused-ring (bicyclic) bond motifs is 1.